The van der Waals surface area contributed by atoms with Crippen LogP contribution < -0.4 is 5.32 Å². The van der Waals surface area contributed by atoms with Gasteiger partial charge in [0.2, 0.25) is 0 Å². The average molecular weight is 227 g/mol. The van der Waals surface area contributed by atoms with E-state index in [1.54, 1.807) is 0 Å². The molecule has 2 heterocycles. The van der Waals surface area contributed by atoms with Gasteiger partial charge in [-0.05, 0) is 12.0 Å². The minimum atomic E-state index is 0.930. The van der Waals surface area contributed by atoms with E-state index in [-0.39, 0.29) is 0 Å². The molecule has 0 saturated carbocycles. The van der Waals surface area contributed by atoms with Crippen LogP contribution in [0.15, 0.2) is 24.3 Å². The van der Waals surface area contributed by atoms with Crippen LogP contribution in [0.5, 0.6) is 0 Å². The first kappa shape index (κ1) is 10.5. The van der Waals surface area contributed by atoms with E-state index in [4.69, 9.17) is 0 Å². The smallest absolute Gasteiger partial charge is 0.0971 e. The highest BCUT2D eigenvalue weighted by molar-refractivity contribution is 5.68. The zero-order chi connectivity index (χ0) is 11.7. The van der Waals surface area contributed by atoms with E-state index in [1.165, 1.54) is 22.4 Å². The summed E-state index contributed by atoms with van der Waals surface area (Å²) in [5, 5.41) is 11.1. The molecule has 1 aliphatic heterocycles. The predicted molar refractivity (Wildman–Crippen MR) is 68.8 cm³/mol. The van der Waals surface area contributed by atoms with Crippen molar-refractivity contribution >= 4 is 0 Å². The van der Waals surface area contributed by atoms with Crippen molar-refractivity contribution < 1.29 is 0 Å². The number of aromatic amines is 1. The van der Waals surface area contributed by atoms with Crippen molar-refractivity contribution in [2.45, 2.75) is 26.3 Å². The summed E-state index contributed by atoms with van der Waals surface area (Å²) in [6.45, 7) is 4.17. The van der Waals surface area contributed by atoms with Gasteiger partial charge in [-0.2, -0.15) is 5.10 Å². The number of rotatable bonds is 2. The monoisotopic (exact) mass is 227 g/mol. The van der Waals surface area contributed by atoms with Crippen LogP contribution in [0.25, 0.3) is 11.3 Å². The maximum atomic E-state index is 4.51. The highest BCUT2D eigenvalue weighted by Gasteiger charge is 2.18. The second kappa shape index (κ2) is 4.34. The van der Waals surface area contributed by atoms with Gasteiger partial charge in [-0.15, -0.1) is 0 Å². The second-order valence-electron chi connectivity index (χ2n) is 4.47. The standard InChI is InChI=1S/C14H17N3/c1-2-10-5-3-4-6-11(10)14-12-9-15-8-7-13(12)16-17-14/h3-6,15H,2,7-9H2,1H3,(H,16,17). The van der Waals surface area contributed by atoms with Gasteiger partial charge in [0.25, 0.3) is 0 Å². The Balaban J connectivity index is 2.12. The number of hydrogen-bond donors (Lipinski definition) is 2. The van der Waals surface area contributed by atoms with Crippen LogP contribution in [0.4, 0.5) is 0 Å². The van der Waals surface area contributed by atoms with Crippen molar-refractivity contribution in [3.05, 3.63) is 41.1 Å². The quantitative estimate of drug-likeness (QED) is 0.826. The number of aryl methyl sites for hydroxylation is 1. The molecule has 0 fully saturated rings. The fraction of sp³-hybridized carbons (Fsp3) is 0.357. The van der Waals surface area contributed by atoms with Crippen molar-refractivity contribution in [3.63, 3.8) is 0 Å². The number of H-pyrrole nitrogens is 1. The molecule has 3 nitrogen and oxygen atoms in total. The molecule has 0 saturated heterocycles. The van der Waals surface area contributed by atoms with E-state index in [1.807, 2.05) is 0 Å². The Labute approximate surface area is 101 Å². The third kappa shape index (κ3) is 1.76. The van der Waals surface area contributed by atoms with Gasteiger partial charge in [-0.1, -0.05) is 31.2 Å². The van der Waals surface area contributed by atoms with Crippen molar-refractivity contribution in [2.75, 3.05) is 6.54 Å². The van der Waals surface area contributed by atoms with Gasteiger partial charge in [0, 0.05) is 36.3 Å². The zero-order valence-corrected chi connectivity index (χ0v) is 10.1. The molecule has 0 bridgehead atoms. The summed E-state index contributed by atoms with van der Waals surface area (Å²) in [7, 11) is 0. The fourth-order valence-electron chi connectivity index (χ4n) is 2.51. The fourth-order valence-corrected chi connectivity index (χ4v) is 2.51. The summed E-state index contributed by atoms with van der Waals surface area (Å²) < 4.78 is 0. The summed E-state index contributed by atoms with van der Waals surface area (Å²) in [5.74, 6) is 0. The molecule has 3 heteroatoms. The van der Waals surface area contributed by atoms with Gasteiger partial charge in [-0.3, -0.25) is 5.10 Å². The normalized spacial score (nSPS) is 14.6. The zero-order valence-electron chi connectivity index (χ0n) is 10.1. The van der Waals surface area contributed by atoms with Crippen LogP contribution in [0, 0.1) is 0 Å². The second-order valence-corrected chi connectivity index (χ2v) is 4.47. The average Bonchev–Trinajstić information content (AvgIpc) is 2.82. The first-order chi connectivity index (χ1) is 8.40. The van der Waals surface area contributed by atoms with Gasteiger partial charge in [-0.25, -0.2) is 0 Å². The third-order valence-corrected chi connectivity index (χ3v) is 3.46. The van der Waals surface area contributed by atoms with E-state index >= 15 is 0 Å². The third-order valence-electron chi connectivity index (χ3n) is 3.46. The molecule has 88 valence electrons. The molecule has 2 aromatic rings. The van der Waals surface area contributed by atoms with Gasteiger partial charge < -0.3 is 5.32 Å². The van der Waals surface area contributed by atoms with Crippen molar-refractivity contribution in [2.24, 2.45) is 0 Å². The Morgan fingerprint density at radius 2 is 2.18 bits per heavy atom. The van der Waals surface area contributed by atoms with Gasteiger partial charge in [0.05, 0.1) is 5.69 Å². The van der Waals surface area contributed by atoms with Crippen molar-refractivity contribution in [1.82, 2.24) is 15.5 Å². The molecular formula is C14H17N3. The van der Waals surface area contributed by atoms with Crippen LogP contribution in [-0.2, 0) is 19.4 Å². The number of benzene rings is 1. The molecule has 1 aromatic heterocycles. The first-order valence-corrected chi connectivity index (χ1v) is 6.25. The molecule has 0 unspecified atom stereocenters. The Morgan fingerprint density at radius 3 is 3.06 bits per heavy atom. The van der Waals surface area contributed by atoms with E-state index in [2.05, 4.69) is 46.7 Å². The van der Waals surface area contributed by atoms with Gasteiger partial charge in [0.15, 0.2) is 0 Å². The van der Waals surface area contributed by atoms with Crippen molar-refractivity contribution in [1.29, 1.82) is 0 Å². The number of hydrogen-bond acceptors (Lipinski definition) is 2. The highest BCUT2D eigenvalue weighted by Crippen LogP contribution is 2.28. The molecule has 0 aliphatic carbocycles. The topological polar surface area (TPSA) is 40.7 Å². The van der Waals surface area contributed by atoms with E-state index < -0.39 is 0 Å². The lowest BCUT2D eigenvalue weighted by Gasteiger charge is -2.14. The summed E-state index contributed by atoms with van der Waals surface area (Å²) in [5.41, 5.74) is 6.41. The number of nitrogens with zero attached hydrogens (tertiary/aromatic N) is 1. The first-order valence-electron chi connectivity index (χ1n) is 6.25. The molecule has 17 heavy (non-hydrogen) atoms. The minimum absolute atomic E-state index is 0.930. The maximum absolute atomic E-state index is 4.51. The molecule has 2 N–H and O–H groups in total. The summed E-state index contributed by atoms with van der Waals surface area (Å²) >= 11 is 0. The van der Waals surface area contributed by atoms with E-state index in [9.17, 15) is 0 Å². The molecular weight excluding hydrogens is 210 g/mol. The van der Waals surface area contributed by atoms with Gasteiger partial charge in [0.1, 0.15) is 0 Å². The Kier molecular flexibility index (Phi) is 2.69. The van der Waals surface area contributed by atoms with Crippen LogP contribution in [0.3, 0.4) is 0 Å². The van der Waals surface area contributed by atoms with Gasteiger partial charge >= 0.3 is 0 Å². The SMILES string of the molecule is CCc1ccccc1-c1n[nH]c2c1CNCC2. The molecule has 1 aliphatic rings. The van der Waals surface area contributed by atoms with E-state index in [0.29, 0.717) is 0 Å². The van der Waals surface area contributed by atoms with Crippen LogP contribution in [-0.4, -0.2) is 16.7 Å². The molecule has 0 radical (unpaired) electrons. The lowest BCUT2D eigenvalue weighted by Crippen LogP contribution is -2.23. The summed E-state index contributed by atoms with van der Waals surface area (Å²) in [6, 6.07) is 8.54. The largest absolute Gasteiger partial charge is 0.312 e. The lowest BCUT2D eigenvalue weighted by molar-refractivity contribution is 0.637. The molecule has 1 aromatic carbocycles. The lowest BCUT2D eigenvalue weighted by atomic mass is 9.97. The highest BCUT2D eigenvalue weighted by atomic mass is 15.1. The van der Waals surface area contributed by atoms with Crippen molar-refractivity contribution in [3.8, 4) is 11.3 Å². The number of nitrogens with one attached hydrogen (secondary N) is 2. The maximum Gasteiger partial charge on any atom is 0.0971 e. The summed E-state index contributed by atoms with van der Waals surface area (Å²) in [6.07, 6.45) is 2.10. The van der Waals surface area contributed by atoms with Crippen LogP contribution in [0.2, 0.25) is 0 Å². The van der Waals surface area contributed by atoms with E-state index in [0.717, 1.165) is 31.6 Å². The van der Waals surface area contributed by atoms with Crippen LogP contribution in [0.1, 0.15) is 23.7 Å². The molecule has 3 rings (SSSR count). The molecule has 0 spiro atoms. The Hall–Kier alpha value is -1.61. The van der Waals surface area contributed by atoms with Crippen LogP contribution >= 0.6 is 0 Å². The molecule has 0 amide bonds. The predicted octanol–water partition coefficient (Wildman–Crippen LogP) is 2.28. The minimum Gasteiger partial charge on any atom is -0.312 e. The number of aromatic nitrogens is 2. The molecule has 0 atom stereocenters. The number of fused-ring (bicyclic) bond motifs is 1. The summed E-state index contributed by atoms with van der Waals surface area (Å²) in [4.78, 5) is 0. The Bertz CT molecular complexity index is 528. The Morgan fingerprint density at radius 1 is 1.29 bits per heavy atom.